The average molecular weight is 233 g/mol. The van der Waals surface area contributed by atoms with Gasteiger partial charge in [0.05, 0.1) is 5.54 Å². The maximum absolute atomic E-state index is 12.5. The van der Waals surface area contributed by atoms with Crippen LogP contribution in [-0.4, -0.2) is 47.4 Å². The van der Waals surface area contributed by atoms with Crippen molar-refractivity contribution in [2.75, 3.05) is 26.2 Å². The van der Waals surface area contributed by atoms with Crippen LogP contribution in [0.3, 0.4) is 0 Å². The number of pyridine rings is 1. The molecule has 0 aromatic carbocycles. The minimum atomic E-state index is -0.453. The number of piperazine rings is 1. The van der Waals surface area contributed by atoms with Crippen molar-refractivity contribution in [2.45, 2.75) is 19.4 Å². The van der Waals surface area contributed by atoms with E-state index in [1.54, 1.807) is 18.5 Å². The van der Waals surface area contributed by atoms with Gasteiger partial charge in [0.2, 0.25) is 0 Å². The summed E-state index contributed by atoms with van der Waals surface area (Å²) in [4.78, 5) is 18.7. The molecule has 4 nitrogen and oxygen atoms in total. The second kappa shape index (κ2) is 4.94. The molecule has 1 N–H and O–H groups in total. The minimum absolute atomic E-state index is 0.146. The molecule has 0 spiro atoms. The number of nitrogens with zero attached hydrogens (tertiary/aromatic N) is 2. The molecule has 0 atom stereocenters. The molecule has 1 aromatic rings. The van der Waals surface area contributed by atoms with E-state index in [4.69, 9.17) is 0 Å². The summed E-state index contributed by atoms with van der Waals surface area (Å²) in [6.45, 7) is 7.72. The zero-order valence-corrected chi connectivity index (χ0v) is 10.4. The van der Waals surface area contributed by atoms with Crippen LogP contribution in [0.25, 0.3) is 0 Å². The normalized spacial score (nSPS) is 18.0. The van der Waals surface area contributed by atoms with Gasteiger partial charge in [-0.05, 0) is 26.0 Å². The van der Waals surface area contributed by atoms with Gasteiger partial charge in [-0.15, -0.1) is 0 Å². The van der Waals surface area contributed by atoms with Gasteiger partial charge in [0.25, 0.3) is 0 Å². The smallest absolute Gasteiger partial charge is 0.184 e. The van der Waals surface area contributed by atoms with Crippen molar-refractivity contribution in [3.8, 4) is 0 Å². The largest absolute Gasteiger partial charge is 0.314 e. The van der Waals surface area contributed by atoms with E-state index in [-0.39, 0.29) is 5.78 Å². The predicted octanol–water partition coefficient (Wildman–Crippen LogP) is 0.948. The molecule has 1 aliphatic rings. The zero-order chi connectivity index (χ0) is 12.3. The van der Waals surface area contributed by atoms with E-state index in [1.165, 1.54) is 0 Å². The van der Waals surface area contributed by atoms with Crippen LogP contribution >= 0.6 is 0 Å². The molecule has 0 unspecified atom stereocenters. The van der Waals surface area contributed by atoms with Gasteiger partial charge in [-0.25, -0.2) is 0 Å². The third kappa shape index (κ3) is 2.53. The Morgan fingerprint density at radius 2 is 2.12 bits per heavy atom. The quantitative estimate of drug-likeness (QED) is 0.789. The summed E-state index contributed by atoms with van der Waals surface area (Å²) in [6.07, 6.45) is 3.33. The number of nitrogens with one attached hydrogen (secondary N) is 1. The molecule has 17 heavy (non-hydrogen) atoms. The molecule has 92 valence electrons. The fraction of sp³-hybridized carbons (Fsp3) is 0.538. The van der Waals surface area contributed by atoms with Gasteiger partial charge >= 0.3 is 0 Å². The first kappa shape index (κ1) is 12.2. The monoisotopic (exact) mass is 233 g/mol. The van der Waals surface area contributed by atoms with E-state index < -0.39 is 5.54 Å². The lowest BCUT2D eigenvalue weighted by atomic mass is 9.91. The Morgan fingerprint density at radius 3 is 2.71 bits per heavy atom. The van der Waals surface area contributed by atoms with Crippen molar-refractivity contribution in [3.63, 3.8) is 0 Å². The minimum Gasteiger partial charge on any atom is -0.314 e. The SMILES string of the molecule is CC(C)(C(=O)c1cccnc1)N1CCNCC1. The summed E-state index contributed by atoms with van der Waals surface area (Å²) in [7, 11) is 0. The number of hydrogen-bond donors (Lipinski definition) is 1. The average Bonchev–Trinajstić information content (AvgIpc) is 2.40. The molecule has 1 fully saturated rings. The molecule has 0 bridgehead atoms. The second-order valence-corrected chi connectivity index (χ2v) is 4.87. The van der Waals surface area contributed by atoms with Gasteiger partial charge in [-0.2, -0.15) is 0 Å². The number of Topliss-reactive ketones (excluding diaryl/α,β-unsaturated/α-hetero) is 1. The topological polar surface area (TPSA) is 45.2 Å². The molecular weight excluding hydrogens is 214 g/mol. The Labute approximate surface area is 102 Å². The lowest BCUT2D eigenvalue weighted by Gasteiger charge is -2.39. The molecule has 2 rings (SSSR count). The maximum Gasteiger partial charge on any atom is 0.184 e. The molecule has 1 saturated heterocycles. The number of ketones is 1. The van der Waals surface area contributed by atoms with E-state index in [2.05, 4.69) is 15.2 Å². The van der Waals surface area contributed by atoms with Gasteiger partial charge in [-0.1, -0.05) is 0 Å². The van der Waals surface area contributed by atoms with Crippen LogP contribution in [0.1, 0.15) is 24.2 Å². The van der Waals surface area contributed by atoms with Crippen LogP contribution in [0.5, 0.6) is 0 Å². The zero-order valence-electron chi connectivity index (χ0n) is 10.4. The summed E-state index contributed by atoms with van der Waals surface area (Å²) in [6, 6.07) is 3.64. The van der Waals surface area contributed by atoms with E-state index in [9.17, 15) is 4.79 Å². The Morgan fingerprint density at radius 1 is 1.41 bits per heavy atom. The van der Waals surface area contributed by atoms with Gasteiger partial charge in [0.1, 0.15) is 0 Å². The molecule has 1 aliphatic heterocycles. The molecule has 1 aromatic heterocycles. The highest BCUT2D eigenvalue weighted by molar-refractivity contribution is 6.02. The number of rotatable bonds is 3. The number of aromatic nitrogens is 1. The Hall–Kier alpha value is -1.26. The van der Waals surface area contributed by atoms with Gasteiger partial charge < -0.3 is 5.32 Å². The van der Waals surface area contributed by atoms with Crippen LogP contribution in [0.15, 0.2) is 24.5 Å². The maximum atomic E-state index is 12.5. The molecule has 0 amide bonds. The molecular formula is C13H19N3O. The first-order valence-electron chi connectivity index (χ1n) is 6.03. The standard InChI is InChI=1S/C13H19N3O/c1-13(2,16-8-6-14-7-9-16)12(17)11-4-3-5-15-10-11/h3-5,10,14H,6-9H2,1-2H3. The lowest BCUT2D eigenvalue weighted by Crippen LogP contribution is -2.57. The Bertz CT molecular complexity index is 383. The first-order valence-corrected chi connectivity index (χ1v) is 6.03. The number of carbonyl (C=O) groups is 1. The summed E-state index contributed by atoms with van der Waals surface area (Å²) < 4.78 is 0. The van der Waals surface area contributed by atoms with Crippen LogP contribution in [0, 0.1) is 0 Å². The van der Waals surface area contributed by atoms with E-state index in [0.29, 0.717) is 5.56 Å². The Kier molecular flexibility index (Phi) is 3.54. The molecule has 0 aliphatic carbocycles. The second-order valence-electron chi connectivity index (χ2n) is 4.87. The van der Waals surface area contributed by atoms with Gasteiger partial charge in [0, 0.05) is 44.1 Å². The highest BCUT2D eigenvalue weighted by Gasteiger charge is 2.35. The van der Waals surface area contributed by atoms with Crippen molar-refractivity contribution in [1.82, 2.24) is 15.2 Å². The van der Waals surface area contributed by atoms with Crippen molar-refractivity contribution in [2.24, 2.45) is 0 Å². The molecule has 2 heterocycles. The fourth-order valence-corrected chi connectivity index (χ4v) is 2.22. The summed E-state index contributed by atoms with van der Waals surface area (Å²) in [5, 5.41) is 3.30. The number of hydrogen-bond acceptors (Lipinski definition) is 4. The van der Waals surface area contributed by atoms with Gasteiger partial charge in [0.15, 0.2) is 5.78 Å². The van der Waals surface area contributed by atoms with Crippen molar-refractivity contribution < 1.29 is 4.79 Å². The Balaban J connectivity index is 2.17. The summed E-state index contributed by atoms with van der Waals surface area (Å²) in [5.41, 5.74) is 0.238. The fourth-order valence-electron chi connectivity index (χ4n) is 2.22. The van der Waals surface area contributed by atoms with E-state index in [0.717, 1.165) is 26.2 Å². The third-order valence-electron chi connectivity index (χ3n) is 3.39. The molecule has 4 heteroatoms. The van der Waals surface area contributed by atoms with E-state index in [1.807, 2.05) is 19.9 Å². The van der Waals surface area contributed by atoms with Gasteiger partial charge in [-0.3, -0.25) is 14.7 Å². The van der Waals surface area contributed by atoms with Crippen molar-refractivity contribution >= 4 is 5.78 Å². The molecule has 0 radical (unpaired) electrons. The third-order valence-corrected chi connectivity index (χ3v) is 3.39. The predicted molar refractivity (Wildman–Crippen MR) is 67.1 cm³/mol. The van der Waals surface area contributed by atoms with Crippen LogP contribution in [-0.2, 0) is 0 Å². The molecule has 0 saturated carbocycles. The number of carbonyl (C=O) groups excluding carboxylic acids is 1. The summed E-state index contributed by atoms with van der Waals surface area (Å²) >= 11 is 0. The van der Waals surface area contributed by atoms with Crippen LogP contribution < -0.4 is 5.32 Å². The lowest BCUT2D eigenvalue weighted by molar-refractivity contribution is 0.0602. The van der Waals surface area contributed by atoms with Crippen molar-refractivity contribution in [3.05, 3.63) is 30.1 Å². The van der Waals surface area contributed by atoms with Crippen LogP contribution in [0.4, 0.5) is 0 Å². The highest BCUT2D eigenvalue weighted by Crippen LogP contribution is 2.20. The highest BCUT2D eigenvalue weighted by atomic mass is 16.1. The first-order chi connectivity index (χ1) is 8.12. The summed E-state index contributed by atoms with van der Waals surface area (Å²) in [5.74, 6) is 0.146. The van der Waals surface area contributed by atoms with Crippen LogP contribution in [0.2, 0.25) is 0 Å². The van der Waals surface area contributed by atoms with Crippen molar-refractivity contribution in [1.29, 1.82) is 0 Å². The van der Waals surface area contributed by atoms with E-state index >= 15 is 0 Å².